The molecule has 1 aliphatic rings. The Morgan fingerprint density at radius 3 is 2.19 bits per heavy atom. The third kappa shape index (κ3) is 4.17. The van der Waals surface area contributed by atoms with Gasteiger partial charge in [-0.1, -0.05) is 29.8 Å². The van der Waals surface area contributed by atoms with Gasteiger partial charge < -0.3 is 4.90 Å². The molecular formula is C26H24FN3O2. The normalized spacial score (nSPS) is 13.8. The van der Waals surface area contributed by atoms with E-state index in [1.807, 2.05) is 55.1 Å². The molecular weight excluding hydrogens is 405 g/mol. The number of imide groups is 1. The minimum atomic E-state index is -0.424. The minimum absolute atomic E-state index is 0.353. The lowest BCUT2D eigenvalue weighted by atomic mass is 10.0. The van der Waals surface area contributed by atoms with Gasteiger partial charge in [0.25, 0.3) is 11.8 Å². The van der Waals surface area contributed by atoms with Gasteiger partial charge in [0.2, 0.25) is 0 Å². The lowest BCUT2D eigenvalue weighted by Gasteiger charge is -2.25. The van der Waals surface area contributed by atoms with Crippen molar-refractivity contribution in [2.45, 2.75) is 20.3 Å². The smallest absolute Gasteiger partial charge is 0.282 e. The van der Waals surface area contributed by atoms with Gasteiger partial charge in [0.05, 0.1) is 11.3 Å². The van der Waals surface area contributed by atoms with Crippen molar-refractivity contribution in [1.82, 2.24) is 9.88 Å². The highest BCUT2D eigenvalue weighted by molar-refractivity contribution is 6.45. The summed E-state index contributed by atoms with van der Waals surface area (Å²) in [4.78, 5) is 34.2. The van der Waals surface area contributed by atoms with Crippen LogP contribution in [0.4, 0.5) is 10.1 Å². The Morgan fingerprint density at radius 1 is 0.906 bits per heavy atom. The Labute approximate surface area is 186 Å². The van der Waals surface area contributed by atoms with Crippen LogP contribution in [-0.2, 0) is 16.0 Å². The van der Waals surface area contributed by atoms with Gasteiger partial charge in [-0.15, -0.1) is 0 Å². The number of aryl methyl sites for hydroxylation is 1. The zero-order chi connectivity index (χ0) is 22.7. The summed E-state index contributed by atoms with van der Waals surface area (Å²) in [5.41, 5.74) is 3.95. The second-order valence-electron chi connectivity index (χ2n) is 7.70. The van der Waals surface area contributed by atoms with Gasteiger partial charge in [0, 0.05) is 25.5 Å². The molecule has 6 heteroatoms. The Balaban J connectivity index is 1.75. The van der Waals surface area contributed by atoms with Crippen LogP contribution in [-0.4, -0.2) is 34.8 Å². The van der Waals surface area contributed by atoms with E-state index in [2.05, 4.69) is 4.98 Å². The summed E-state index contributed by atoms with van der Waals surface area (Å²) < 4.78 is 13.5. The van der Waals surface area contributed by atoms with E-state index in [1.54, 1.807) is 12.4 Å². The van der Waals surface area contributed by atoms with Crippen molar-refractivity contribution in [3.05, 3.63) is 101 Å². The van der Waals surface area contributed by atoms with Crippen molar-refractivity contribution in [1.29, 1.82) is 0 Å². The van der Waals surface area contributed by atoms with Crippen molar-refractivity contribution in [3.63, 3.8) is 0 Å². The Hall–Kier alpha value is -3.80. The quantitative estimate of drug-likeness (QED) is 0.523. The topological polar surface area (TPSA) is 53.5 Å². The molecule has 2 aromatic carbocycles. The molecule has 1 aliphatic heterocycles. The van der Waals surface area contributed by atoms with Crippen molar-refractivity contribution < 1.29 is 14.0 Å². The first-order valence-electron chi connectivity index (χ1n) is 10.6. The number of likely N-dealkylation sites (N-methyl/N-ethyl adjacent to an activating group) is 1. The molecule has 2 heterocycles. The zero-order valence-corrected chi connectivity index (χ0v) is 18.1. The maximum absolute atomic E-state index is 13.6. The van der Waals surface area contributed by atoms with E-state index in [0.717, 1.165) is 16.0 Å². The fraction of sp³-hybridized carbons (Fsp3) is 0.192. The molecule has 0 bridgehead atoms. The maximum Gasteiger partial charge on any atom is 0.282 e. The van der Waals surface area contributed by atoms with Crippen LogP contribution in [0.3, 0.4) is 0 Å². The molecule has 0 N–H and O–H groups in total. The number of anilines is 1. The van der Waals surface area contributed by atoms with Gasteiger partial charge in [-0.05, 0) is 67.8 Å². The summed E-state index contributed by atoms with van der Waals surface area (Å²) in [5.74, 6) is -1.22. The number of hydrogen-bond donors (Lipinski definition) is 0. The molecule has 0 unspecified atom stereocenters. The molecule has 0 radical (unpaired) electrons. The number of aromatic nitrogens is 1. The molecule has 0 fully saturated rings. The molecule has 32 heavy (non-hydrogen) atoms. The number of carbonyl (C=O) groups excluding carboxylic acids is 2. The van der Waals surface area contributed by atoms with Crippen molar-refractivity contribution in [2.75, 3.05) is 18.0 Å². The van der Waals surface area contributed by atoms with Gasteiger partial charge in [-0.3, -0.25) is 14.6 Å². The third-order valence-electron chi connectivity index (χ3n) is 5.60. The van der Waals surface area contributed by atoms with E-state index in [0.29, 0.717) is 42.0 Å². The van der Waals surface area contributed by atoms with Crippen molar-refractivity contribution in [2.24, 2.45) is 0 Å². The predicted octanol–water partition coefficient (Wildman–Crippen LogP) is 4.38. The van der Waals surface area contributed by atoms with Crippen LogP contribution < -0.4 is 4.90 Å². The lowest BCUT2D eigenvalue weighted by molar-refractivity contribution is -0.120. The minimum Gasteiger partial charge on any atom is -0.366 e. The average molecular weight is 429 g/mol. The predicted molar refractivity (Wildman–Crippen MR) is 122 cm³/mol. The SMILES string of the molecule is CCN(CCc1ccncc1)C1=C(c2ccc(C)cc2)C(=O)N(c2ccc(F)cc2)C1=O. The molecule has 0 saturated heterocycles. The van der Waals surface area contributed by atoms with E-state index < -0.39 is 17.6 Å². The molecule has 3 aromatic rings. The first-order valence-corrected chi connectivity index (χ1v) is 10.6. The number of pyridine rings is 1. The molecule has 0 spiro atoms. The molecule has 4 rings (SSSR count). The number of halogens is 1. The zero-order valence-electron chi connectivity index (χ0n) is 18.1. The highest BCUT2D eigenvalue weighted by Crippen LogP contribution is 2.35. The number of amides is 2. The van der Waals surface area contributed by atoms with Crippen LogP contribution in [0.15, 0.2) is 78.8 Å². The molecule has 162 valence electrons. The number of benzene rings is 2. The Morgan fingerprint density at radius 2 is 1.56 bits per heavy atom. The molecule has 0 aliphatic carbocycles. The summed E-state index contributed by atoms with van der Waals surface area (Å²) in [5, 5.41) is 0. The molecule has 0 saturated carbocycles. The van der Waals surface area contributed by atoms with Gasteiger partial charge in [-0.25, -0.2) is 9.29 Å². The standard InChI is InChI=1S/C26H24FN3O2/c1-3-29(17-14-19-12-15-28-16-13-19)24-23(20-6-4-18(2)5-7-20)25(31)30(26(24)32)22-10-8-21(27)9-11-22/h4-13,15-16H,3,14,17H2,1-2H3. The van der Waals surface area contributed by atoms with Crippen LogP contribution in [0.1, 0.15) is 23.6 Å². The second-order valence-corrected chi connectivity index (χ2v) is 7.70. The van der Waals surface area contributed by atoms with E-state index in [9.17, 15) is 14.0 Å². The van der Waals surface area contributed by atoms with E-state index in [-0.39, 0.29) is 0 Å². The highest BCUT2D eigenvalue weighted by Gasteiger charge is 2.42. The highest BCUT2D eigenvalue weighted by atomic mass is 19.1. The number of carbonyl (C=O) groups is 2. The monoisotopic (exact) mass is 429 g/mol. The Bertz CT molecular complexity index is 1160. The van der Waals surface area contributed by atoms with Crippen LogP contribution in [0.5, 0.6) is 0 Å². The van der Waals surface area contributed by atoms with Crippen molar-refractivity contribution in [3.8, 4) is 0 Å². The van der Waals surface area contributed by atoms with Crippen LogP contribution in [0, 0.1) is 12.7 Å². The van der Waals surface area contributed by atoms with Gasteiger partial charge in [0.15, 0.2) is 0 Å². The fourth-order valence-electron chi connectivity index (χ4n) is 3.86. The number of rotatable bonds is 7. The van der Waals surface area contributed by atoms with Gasteiger partial charge >= 0.3 is 0 Å². The van der Waals surface area contributed by atoms with E-state index >= 15 is 0 Å². The first kappa shape index (κ1) is 21.4. The summed E-state index contributed by atoms with van der Waals surface area (Å²) in [6.45, 7) is 5.07. The summed E-state index contributed by atoms with van der Waals surface area (Å²) in [6, 6.07) is 16.9. The average Bonchev–Trinajstić information content (AvgIpc) is 3.06. The van der Waals surface area contributed by atoms with Crippen LogP contribution in [0.2, 0.25) is 0 Å². The van der Waals surface area contributed by atoms with Crippen LogP contribution >= 0.6 is 0 Å². The molecule has 1 aromatic heterocycles. The largest absolute Gasteiger partial charge is 0.366 e. The van der Waals surface area contributed by atoms with Gasteiger partial charge in [-0.2, -0.15) is 0 Å². The molecule has 5 nitrogen and oxygen atoms in total. The van der Waals surface area contributed by atoms with Gasteiger partial charge in [0.1, 0.15) is 11.5 Å². The summed E-state index contributed by atoms with van der Waals surface area (Å²) >= 11 is 0. The lowest BCUT2D eigenvalue weighted by Crippen LogP contribution is -2.36. The fourth-order valence-corrected chi connectivity index (χ4v) is 3.86. The van der Waals surface area contributed by atoms with Crippen molar-refractivity contribution >= 4 is 23.1 Å². The molecule has 0 atom stereocenters. The summed E-state index contributed by atoms with van der Waals surface area (Å²) in [7, 11) is 0. The first-order chi connectivity index (χ1) is 15.5. The maximum atomic E-state index is 13.6. The van der Waals surface area contributed by atoms with Crippen LogP contribution in [0.25, 0.3) is 5.57 Å². The van der Waals surface area contributed by atoms with E-state index in [4.69, 9.17) is 0 Å². The number of hydrogen-bond acceptors (Lipinski definition) is 4. The third-order valence-corrected chi connectivity index (χ3v) is 5.60. The van der Waals surface area contributed by atoms with E-state index in [1.165, 1.54) is 24.3 Å². The summed E-state index contributed by atoms with van der Waals surface area (Å²) in [6.07, 6.45) is 4.19. The molecule has 2 amide bonds. The number of nitrogens with zero attached hydrogens (tertiary/aromatic N) is 3. The Kier molecular flexibility index (Phi) is 6.12. The second kappa shape index (κ2) is 9.14.